The quantitative estimate of drug-likeness (QED) is 0.723. The van der Waals surface area contributed by atoms with Crippen molar-refractivity contribution in [1.82, 2.24) is 15.2 Å². The molecule has 0 aliphatic rings. The Morgan fingerprint density at radius 1 is 1.21 bits per heavy atom. The minimum atomic E-state index is 0.502. The van der Waals surface area contributed by atoms with Crippen molar-refractivity contribution in [1.29, 1.82) is 0 Å². The number of halogens is 1. The number of benzene rings is 1. The summed E-state index contributed by atoms with van der Waals surface area (Å²) < 4.78 is 0. The molecule has 5 heteroatoms. The fraction of sp³-hybridized carbons (Fsp3) is 0. The van der Waals surface area contributed by atoms with Crippen LogP contribution in [0.25, 0.3) is 11.4 Å². The van der Waals surface area contributed by atoms with Crippen molar-refractivity contribution in [2.24, 2.45) is 0 Å². The standard InChI is InChI=1S/C9H7ClN4/c10-6-1-2-7(8(11)5-6)9-12-3-4-13-14-9/h1-5H,11H2. The van der Waals surface area contributed by atoms with E-state index < -0.39 is 0 Å². The second kappa shape index (κ2) is 3.59. The summed E-state index contributed by atoms with van der Waals surface area (Å²) in [5, 5.41) is 8.17. The van der Waals surface area contributed by atoms with Gasteiger partial charge in [0.15, 0.2) is 5.82 Å². The van der Waals surface area contributed by atoms with Crippen LogP contribution in [0.2, 0.25) is 5.02 Å². The van der Waals surface area contributed by atoms with Gasteiger partial charge in [-0.2, -0.15) is 5.10 Å². The van der Waals surface area contributed by atoms with Crippen molar-refractivity contribution in [2.45, 2.75) is 0 Å². The van der Waals surface area contributed by atoms with Crippen LogP contribution in [0.4, 0.5) is 5.69 Å². The Hall–Kier alpha value is -1.68. The molecule has 2 N–H and O–H groups in total. The number of hydrogen-bond donors (Lipinski definition) is 1. The van der Waals surface area contributed by atoms with E-state index in [-0.39, 0.29) is 0 Å². The van der Waals surface area contributed by atoms with E-state index in [1.54, 1.807) is 24.4 Å². The lowest BCUT2D eigenvalue weighted by molar-refractivity contribution is 0.980. The van der Waals surface area contributed by atoms with Gasteiger partial charge < -0.3 is 5.73 Å². The molecule has 1 aromatic heterocycles. The van der Waals surface area contributed by atoms with Crippen molar-refractivity contribution in [3.05, 3.63) is 35.6 Å². The van der Waals surface area contributed by atoms with Gasteiger partial charge in [0, 0.05) is 22.5 Å². The first kappa shape index (κ1) is 8.90. The molecular weight excluding hydrogens is 200 g/mol. The molecule has 0 amide bonds. The number of nitrogen functional groups attached to an aromatic ring is 1. The molecule has 0 bridgehead atoms. The van der Waals surface area contributed by atoms with Crippen molar-refractivity contribution in [3.8, 4) is 11.4 Å². The molecule has 0 unspecified atom stereocenters. The molecule has 0 saturated heterocycles. The molecule has 0 aliphatic carbocycles. The van der Waals surface area contributed by atoms with Crippen LogP contribution in [-0.2, 0) is 0 Å². The van der Waals surface area contributed by atoms with Crippen LogP contribution >= 0.6 is 11.6 Å². The Kier molecular flexibility index (Phi) is 2.28. The summed E-state index contributed by atoms with van der Waals surface area (Å²) in [7, 11) is 0. The number of aromatic nitrogens is 3. The highest BCUT2D eigenvalue weighted by Gasteiger charge is 2.05. The van der Waals surface area contributed by atoms with Gasteiger partial charge in [0.2, 0.25) is 0 Å². The maximum Gasteiger partial charge on any atom is 0.183 e. The zero-order valence-corrected chi connectivity index (χ0v) is 7.94. The molecule has 0 radical (unpaired) electrons. The molecule has 0 saturated carbocycles. The summed E-state index contributed by atoms with van der Waals surface area (Å²) in [6.07, 6.45) is 3.08. The normalized spacial score (nSPS) is 10.1. The molecule has 70 valence electrons. The Morgan fingerprint density at radius 2 is 2.07 bits per heavy atom. The lowest BCUT2D eigenvalue weighted by Gasteiger charge is -2.02. The Bertz CT molecular complexity index is 444. The summed E-state index contributed by atoms with van der Waals surface area (Å²) in [6.45, 7) is 0. The van der Waals surface area contributed by atoms with Crippen molar-refractivity contribution >= 4 is 17.3 Å². The summed E-state index contributed by atoms with van der Waals surface area (Å²) in [4.78, 5) is 4.04. The van der Waals surface area contributed by atoms with Crippen LogP contribution in [0.15, 0.2) is 30.6 Å². The number of anilines is 1. The highest BCUT2D eigenvalue weighted by atomic mass is 35.5. The van der Waals surface area contributed by atoms with E-state index >= 15 is 0 Å². The molecule has 14 heavy (non-hydrogen) atoms. The maximum absolute atomic E-state index is 5.77. The average Bonchev–Trinajstić information content (AvgIpc) is 2.19. The van der Waals surface area contributed by atoms with Gasteiger partial charge in [-0.15, -0.1) is 5.10 Å². The summed E-state index contributed by atoms with van der Waals surface area (Å²) in [5.41, 5.74) is 7.05. The minimum absolute atomic E-state index is 0.502. The van der Waals surface area contributed by atoms with Gasteiger partial charge in [0.25, 0.3) is 0 Å². The van der Waals surface area contributed by atoms with E-state index in [9.17, 15) is 0 Å². The van der Waals surface area contributed by atoms with Crippen LogP contribution < -0.4 is 5.73 Å². The third-order valence-corrected chi connectivity index (χ3v) is 1.97. The van der Waals surface area contributed by atoms with Crippen molar-refractivity contribution < 1.29 is 0 Å². The molecule has 0 spiro atoms. The third-order valence-electron chi connectivity index (χ3n) is 1.74. The number of nitrogens with zero attached hydrogens (tertiary/aromatic N) is 3. The number of hydrogen-bond acceptors (Lipinski definition) is 4. The summed E-state index contributed by atoms with van der Waals surface area (Å²) in [6, 6.07) is 5.17. The van der Waals surface area contributed by atoms with E-state index in [4.69, 9.17) is 17.3 Å². The maximum atomic E-state index is 5.77. The second-order valence-corrected chi connectivity index (χ2v) is 3.13. The largest absolute Gasteiger partial charge is 0.398 e. The van der Waals surface area contributed by atoms with Crippen LogP contribution in [0.5, 0.6) is 0 Å². The van der Waals surface area contributed by atoms with E-state index in [1.807, 2.05) is 0 Å². The highest BCUT2D eigenvalue weighted by Crippen LogP contribution is 2.24. The number of nitrogens with two attached hydrogens (primary N) is 1. The summed E-state index contributed by atoms with van der Waals surface area (Å²) >= 11 is 5.77. The first-order valence-corrected chi connectivity index (χ1v) is 4.34. The SMILES string of the molecule is Nc1cc(Cl)ccc1-c1nccnn1. The van der Waals surface area contributed by atoms with E-state index in [1.165, 1.54) is 6.20 Å². The smallest absolute Gasteiger partial charge is 0.183 e. The fourth-order valence-electron chi connectivity index (χ4n) is 1.11. The van der Waals surface area contributed by atoms with Crippen LogP contribution in [0.1, 0.15) is 0 Å². The van der Waals surface area contributed by atoms with Crippen LogP contribution in [-0.4, -0.2) is 15.2 Å². The van der Waals surface area contributed by atoms with Gasteiger partial charge >= 0.3 is 0 Å². The zero-order valence-electron chi connectivity index (χ0n) is 7.18. The summed E-state index contributed by atoms with van der Waals surface area (Å²) in [5.74, 6) is 0.502. The molecule has 1 heterocycles. The molecule has 2 rings (SSSR count). The molecule has 0 aliphatic heterocycles. The predicted octanol–water partition coefficient (Wildman–Crippen LogP) is 1.77. The first-order chi connectivity index (χ1) is 6.77. The molecule has 4 nitrogen and oxygen atoms in total. The average molecular weight is 207 g/mol. The highest BCUT2D eigenvalue weighted by molar-refractivity contribution is 6.31. The van der Waals surface area contributed by atoms with Gasteiger partial charge in [-0.3, -0.25) is 0 Å². The van der Waals surface area contributed by atoms with Gasteiger partial charge in [-0.1, -0.05) is 11.6 Å². The Morgan fingerprint density at radius 3 is 2.71 bits per heavy atom. The fourth-order valence-corrected chi connectivity index (χ4v) is 1.29. The van der Waals surface area contributed by atoms with Gasteiger partial charge in [-0.25, -0.2) is 4.98 Å². The Labute approximate surface area is 85.8 Å². The molecule has 1 aromatic carbocycles. The van der Waals surface area contributed by atoms with E-state index in [0.29, 0.717) is 16.5 Å². The molecular formula is C9H7ClN4. The van der Waals surface area contributed by atoms with Gasteiger partial charge in [0.1, 0.15) is 0 Å². The lowest BCUT2D eigenvalue weighted by atomic mass is 10.2. The topological polar surface area (TPSA) is 64.7 Å². The third kappa shape index (κ3) is 1.65. The molecule has 0 atom stereocenters. The predicted molar refractivity (Wildman–Crippen MR) is 54.7 cm³/mol. The van der Waals surface area contributed by atoms with Gasteiger partial charge in [0.05, 0.1) is 6.20 Å². The van der Waals surface area contributed by atoms with E-state index in [0.717, 1.165) is 5.56 Å². The number of rotatable bonds is 1. The zero-order chi connectivity index (χ0) is 9.97. The lowest BCUT2D eigenvalue weighted by Crippen LogP contribution is -1.95. The first-order valence-electron chi connectivity index (χ1n) is 3.96. The monoisotopic (exact) mass is 206 g/mol. The van der Waals surface area contributed by atoms with E-state index in [2.05, 4.69) is 15.2 Å². The van der Waals surface area contributed by atoms with Gasteiger partial charge in [-0.05, 0) is 18.2 Å². The molecule has 0 fully saturated rings. The van der Waals surface area contributed by atoms with Crippen LogP contribution in [0.3, 0.4) is 0 Å². The van der Waals surface area contributed by atoms with Crippen LogP contribution in [0, 0.1) is 0 Å². The second-order valence-electron chi connectivity index (χ2n) is 2.70. The Balaban J connectivity index is 2.53. The van der Waals surface area contributed by atoms with Crippen molar-refractivity contribution in [2.75, 3.05) is 5.73 Å². The van der Waals surface area contributed by atoms with Crippen molar-refractivity contribution in [3.63, 3.8) is 0 Å². The molecule has 2 aromatic rings. The minimum Gasteiger partial charge on any atom is -0.398 e.